The van der Waals surface area contributed by atoms with Gasteiger partial charge in [-0.25, -0.2) is 9.59 Å². The van der Waals surface area contributed by atoms with Crippen molar-refractivity contribution in [2.45, 2.75) is 155 Å². The Kier molecular flexibility index (Phi) is 12.1. The molecule has 12 heteroatoms. The van der Waals surface area contributed by atoms with E-state index in [1.165, 1.54) is 13.8 Å². The topological polar surface area (TPSA) is 172 Å². The lowest BCUT2D eigenvalue weighted by Gasteiger charge is -2.42. The van der Waals surface area contributed by atoms with E-state index in [1.807, 2.05) is 0 Å². The normalized spacial score (nSPS) is 34.1. The third kappa shape index (κ3) is 7.28. The molecule has 0 aromatic carbocycles. The van der Waals surface area contributed by atoms with Crippen molar-refractivity contribution in [3.8, 4) is 0 Å². The quantitative estimate of drug-likeness (QED) is 0.0948. The van der Waals surface area contributed by atoms with Gasteiger partial charge in [0.2, 0.25) is 0 Å². The van der Waals surface area contributed by atoms with Crippen LogP contribution in [0.5, 0.6) is 0 Å². The van der Waals surface area contributed by atoms with Crippen LogP contribution in [-0.4, -0.2) is 81.3 Å². The molecule has 264 valence electrons. The first kappa shape index (κ1) is 38.2. The van der Waals surface area contributed by atoms with E-state index in [2.05, 4.69) is 6.92 Å². The summed E-state index contributed by atoms with van der Waals surface area (Å²) < 4.78 is 29.5. The molecule has 2 N–H and O–H groups in total. The van der Waals surface area contributed by atoms with E-state index >= 15 is 0 Å². The molecule has 0 amide bonds. The van der Waals surface area contributed by atoms with Crippen molar-refractivity contribution in [3.05, 3.63) is 22.8 Å². The van der Waals surface area contributed by atoms with E-state index in [0.717, 1.165) is 32.6 Å². The Morgan fingerprint density at radius 2 is 1.66 bits per heavy atom. The van der Waals surface area contributed by atoms with Crippen LogP contribution in [0.4, 0.5) is 0 Å². The number of aliphatic hydroxyl groups is 2. The minimum atomic E-state index is -2.58. The zero-order chi connectivity index (χ0) is 35.5. The second-order valence-electron chi connectivity index (χ2n) is 13.6. The Bertz CT molecular complexity index is 1300. The van der Waals surface area contributed by atoms with Crippen LogP contribution in [0.15, 0.2) is 22.8 Å². The maximum Gasteiger partial charge on any atom is 0.341 e. The van der Waals surface area contributed by atoms with Gasteiger partial charge in [-0.15, -0.1) is 0 Å². The van der Waals surface area contributed by atoms with Crippen LogP contribution in [0.25, 0.3) is 0 Å². The van der Waals surface area contributed by atoms with Gasteiger partial charge < -0.3 is 33.9 Å². The molecule has 0 aromatic rings. The van der Waals surface area contributed by atoms with E-state index in [0.29, 0.717) is 12.8 Å². The van der Waals surface area contributed by atoms with E-state index in [-0.39, 0.29) is 23.1 Å². The maximum atomic E-state index is 13.4. The van der Waals surface area contributed by atoms with Crippen molar-refractivity contribution >= 4 is 29.8 Å². The molecule has 0 aromatic heterocycles. The molecule has 1 unspecified atom stereocenters. The molecule has 0 radical (unpaired) electrons. The lowest BCUT2D eigenvalue weighted by atomic mass is 9.75. The van der Waals surface area contributed by atoms with Crippen LogP contribution in [0.3, 0.4) is 0 Å². The number of unbranched alkanes of at least 4 members (excludes halogenated alkanes) is 4. The van der Waals surface area contributed by atoms with Gasteiger partial charge in [0.25, 0.3) is 0 Å². The zero-order valence-corrected chi connectivity index (χ0v) is 29.2. The summed E-state index contributed by atoms with van der Waals surface area (Å²) in [4.78, 5) is 65.6. The summed E-state index contributed by atoms with van der Waals surface area (Å²) in [5.74, 6) is -5.64. The lowest BCUT2D eigenvalue weighted by Crippen LogP contribution is -2.64. The molecular weight excluding hydrogens is 612 g/mol. The molecule has 0 spiro atoms. The number of rotatable bonds is 13. The smallest absolute Gasteiger partial charge is 0.341 e. The minimum Gasteiger partial charge on any atom is -0.459 e. The Labute approximate surface area is 277 Å². The van der Waals surface area contributed by atoms with Gasteiger partial charge in [-0.2, -0.15) is 0 Å². The molecule has 1 saturated heterocycles. The van der Waals surface area contributed by atoms with Gasteiger partial charge in [-0.3, -0.25) is 14.4 Å². The van der Waals surface area contributed by atoms with Crippen LogP contribution in [0.1, 0.15) is 114 Å². The molecule has 0 bridgehead atoms. The summed E-state index contributed by atoms with van der Waals surface area (Å²) in [5, 5.41) is 24.0. The van der Waals surface area contributed by atoms with Crippen LogP contribution >= 0.6 is 0 Å². The van der Waals surface area contributed by atoms with Gasteiger partial charge in [-0.05, 0) is 58.6 Å². The second kappa shape index (κ2) is 14.9. The maximum absolute atomic E-state index is 13.4. The molecule has 9 atom stereocenters. The van der Waals surface area contributed by atoms with E-state index in [4.69, 9.17) is 23.7 Å². The van der Waals surface area contributed by atoms with Gasteiger partial charge in [0.1, 0.15) is 11.7 Å². The average Bonchev–Trinajstić information content (AvgIpc) is 3.33. The Hall–Kier alpha value is -3.25. The zero-order valence-electron chi connectivity index (χ0n) is 29.2. The molecule has 3 rings (SSSR count). The summed E-state index contributed by atoms with van der Waals surface area (Å²) in [6.45, 7) is 14.1. The fourth-order valence-electron chi connectivity index (χ4n) is 6.90. The number of esters is 5. The number of carbonyl (C=O) groups excluding carboxylic acids is 5. The molecule has 1 aliphatic heterocycles. The van der Waals surface area contributed by atoms with Crippen molar-refractivity contribution in [2.24, 2.45) is 11.8 Å². The first-order valence-corrected chi connectivity index (χ1v) is 16.7. The average molecular weight is 665 g/mol. The molecule has 1 heterocycles. The minimum absolute atomic E-state index is 0.0758. The highest BCUT2D eigenvalue weighted by molar-refractivity contribution is 5.88. The highest BCUT2D eigenvalue weighted by Crippen LogP contribution is 2.57. The first-order valence-electron chi connectivity index (χ1n) is 16.7. The third-order valence-electron chi connectivity index (χ3n) is 10.1. The van der Waals surface area contributed by atoms with Crippen LogP contribution < -0.4 is 0 Å². The van der Waals surface area contributed by atoms with E-state index < -0.39 is 89.3 Å². The van der Waals surface area contributed by atoms with E-state index in [1.54, 1.807) is 40.7 Å². The summed E-state index contributed by atoms with van der Waals surface area (Å²) in [5.41, 5.74) is -6.16. The monoisotopic (exact) mass is 664 g/mol. The van der Waals surface area contributed by atoms with Crippen molar-refractivity contribution in [2.75, 3.05) is 0 Å². The highest BCUT2D eigenvalue weighted by atomic mass is 16.6. The fraction of sp³-hybridized carbons (Fsp3) is 0.743. The molecule has 47 heavy (non-hydrogen) atoms. The molecule has 1 saturated carbocycles. The Balaban J connectivity index is 2.24. The lowest BCUT2D eigenvalue weighted by molar-refractivity contribution is -0.214. The summed E-state index contributed by atoms with van der Waals surface area (Å²) in [6.07, 6.45) is 0.230. The van der Waals surface area contributed by atoms with E-state index in [9.17, 15) is 34.2 Å². The van der Waals surface area contributed by atoms with Crippen molar-refractivity contribution in [3.63, 3.8) is 0 Å². The standard InChI is InChI=1S/C35H52O12/c1-10-13-14-15-16-17-24(37)44-28-26-25(21(6)27(28)45-31(39)20(5)12-3)29-35(42,34(9,41)32(40)46-29)23(43-30(38)19(4)11-2)18-33(26,8)47-22(7)36/h12,19,23,26-29,41-42H,10-11,13-18H2,1-9H3/b20-12+/t19?,23-,26+,27-,28-,29-,33-,34+,35+/m0/s1. The summed E-state index contributed by atoms with van der Waals surface area (Å²) in [7, 11) is 0. The SMILES string of the molecule is C/C=C(\C)C(=O)O[C@H]1C(C)=C2[C@H]([C@@H]1OC(=O)CCCCCCC)[C@@](C)(OC(C)=O)C[C@H](OC(=O)C(C)CC)[C@@]1(O)[C@H]2OC(=O)[C@@]1(C)O. The molecule has 2 aliphatic carbocycles. The summed E-state index contributed by atoms with van der Waals surface area (Å²) >= 11 is 0. The first-order chi connectivity index (χ1) is 21.9. The number of allylic oxidation sites excluding steroid dienone is 1. The number of ether oxygens (including phenoxy) is 5. The highest BCUT2D eigenvalue weighted by Gasteiger charge is 2.76. The van der Waals surface area contributed by atoms with Gasteiger partial charge in [0.15, 0.2) is 29.5 Å². The van der Waals surface area contributed by atoms with Crippen LogP contribution in [0, 0.1) is 11.8 Å². The van der Waals surface area contributed by atoms with Gasteiger partial charge in [-0.1, -0.05) is 52.5 Å². The number of hydrogen-bond donors (Lipinski definition) is 2. The van der Waals surface area contributed by atoms with Crippen molar-refractivity contribution in [1.29, 1.82) is 0 Å². The Morgan fingerprint density at radius 3 is 2.23 bits per heavy atom. The predicted molar refractivity (Wildman–Crippen MR) is 168 cm³/mol. The third-order valence-corrected chi connectivity index (χ3v) is 10.1. The fourth-order valence-corrected chi connectivity index (χ4v) is 6.90. The number of carbonyl (C=O) groups is 5. The van der Waals surface area contributed by atoms with Gasteiger partial charge >= 0.3 is 29.8 Å². The van der Waals surface area contributed by atoms with Crippen molar-refractivity contribution in [1.82, 2.24) is 0 Å². The molecule has 3 aliphatic rings. The largest absolute Gasteiger partial charge is 0.459 e. The predicted octanol–water partition coefficient (Wildman–Crippen LogP) is 4.17. The molecule has 12 nitrogen and oxygen atoms in total. The Morgan fingerprint density at radius 1 is 1.02 bits per heavy atom. The van der Waals surface area contributed by atoms with Crippen molar-refractivity contribution < 1.29 is 57.9 Å². The number of hydrogen-bond acceptors (Lipinski definition) is 12. The van der Waals surface area contributed by atoms with Gasteiger partial charge in [0.05, 0.1) is 11.8 Å². The number of fused-ring (bicyclic) bond motifs is 3. The van der Waals surface area contributed by atoms with Crippen LogP contribution in [0.2, 0.25) is 0 Å². The summed E-state index contributed by atoms with van der Waals surface area (Å²) in [6, 6.07) is 0. The van der Waals surface area contributed by atoms with Crippen LogP contribution in [-0.2, 0) is 47.7 Å². The second-order valence-corrected chi connectivity index (χ2v) is 13.6. The molecule has 2 fully saturated rings. The molecular formula is C35H52O12. The van der Waals surface area contributed by atoms with Gasteiger partial charge in [0, 0.05) is 25.3 Å².